The lowest BCUT2D eigenvalue weighted by molar-refractivity contribution is -0.120. The van der Waals surface area contributed by atoms with Crippen LogP contribution in [0.2, 0.25) is 5.02 Å². The van der Waals surface area contributed by atoms with Gasteiger partial charge in [-0.3, -0.25) is 9.59 Å². The van der Waals surface area contributed by atoms with Gasteiger partial charge in [-0.1, -0.05) is 53.6 Å². The fourth-order valence-corrected chi connectivity index (χ4v) is 3.47. The van der Waals surface area contributed by atoms with Crippen LogP contribution in [-0.2, 0) is 9.59 Å². The molecule has 0 radical (unpaired) electrons. The van der Waals surface area contributed by atoms with E-state index in [9.17, 15) is 9.59 Å². The zero-order valence-corrected chi connectivity index (χ0v) is 17.2. The lowest BCUT2D eigenvalue weighted by Crippen LogP contribution is -2.32. The Bertz CT molecular complexity index is 1150. The summed E-state index contributed by atoms with van der Waals surface area (Å²) in [5.41, 5.74) is 3.27. The number of halogens is 1. The Morgan fingerprint density at radius 1 is 0.867 bits per heavy atom. The summed E-state index contributed by atoms with van der Waals surface area (Å²) < 4.78 is 5.39. The number of hydrogen-bond acceptors (Lipinski definition) is 4. The number of carbonyl (C=O) groups excluding carboxylic acids is 2. The molecule has 0 fully saturated rings. The van der Waals surface area contributed by atoms with Gasteiger partial charge in [-0.15, -0.1) is 0 Å². The van der Waals surface area contributed by atoms with Gasteiger partial charge in [0, 0.05) is 5.02 Å². The first-order valence-electron chi connectivity index (χ1n) is 9.35. The number of nitrogens with one attached hydrogen (secondary N) is 1. The molecule has 0 aliphatic carbocycles. The summed E-state index contributed by atoms with van der Waals surface area (Å²) in [6.07, 6.45) is 0. The molecule has 0 saturated carbocycles. The highest BCUT2D eigenvalue weighted by Crippen LogP contribution is 2.35. The number of imide groups is 1. The molecule has 5 nitrogen and oxygen atoms in total. The fraction of sp³-hybridized carbons (Fsp3) is 0.0833. The summed E-state index contributed by atoms with van der Waals surface area (Å²) in [5, 5.41) is 3.66. The van der Waals surface area contributed by atoms with E-state index in [4.69, 9.17) is 16.3 Å². The summed E-state index contributed by atoms with van der Waals surface area (Å²) in [4.78, 5) is 27.9. The maximum atomic E-state index is 13.4. The van der Waals surface area contributed by atoms with Crippen molar-refractivity contribution in [2.45, 2.75) is 6.92 Å². The van der Waals surface area contributed by atoms with Crippen LogP contribution in [0, 0.1) is 6.92 Å². The van der Waals surface area contributed by atoms with E-state index in [1.807, 2.05) is 43.3 Å². The number of benzene rings is 3. The number of hydrogen-bond donors (Lipinski definition) is 1. The second kappa shape index (κ2) is 8.05. The number of ether oxygens (including phenoxy) is 1. The second-order valence-corrected chi connectivity index (χ2v) is 7.30. The Morgan fingerprint density at radius 3 is 2.20 bits per heavy atom. The third kappa shape index (κ3) is 3.55. The summed E-state index contributed by atoms with van der Waals surface area (Å²) in [7, 11) is 1.55. The van der Waals surface area contributed by atoms with Gasteiger partial charge in [0.05, 0.1) is 24.1 Å². The van der Waals surface area contributed by atoms with Crippen LogP contribution in [0.1, 0.15) is 11.1 Å². The molecule has 0 spiro atoms. The minimum absolute atomic E-state index is 0.198. The minimum Gasteiger partial charge on any atom is -0.495 e. The molecule has 0 bridgehead atoms. The highest BCUT2D eigenvalue weighted by atomic mass is 35.5. The number of rotatable bonds is 5. The van der Waals surface area contributed by atoms with E-state index in [0.717, 1.165) is 10.5 Å². The van der Waals surface area contributed by atoms with Crippen molar-refractivity contribution >= 4 is 40.4 Å². The third-order valence-electron chi connectivity index (χ3n) is 4.88. The fourth-order valence-electron chi connectivity index (χ4n) is 3.34. The van der Waals surface area contributed by atoms with Crippen molar-refractivity contribution in [3.05, 3.63) is 94.6 Å². The third-order valence-corrected chi connectivity index (χ3v) is 5.13. The average molecular weight is 419 g/mol. The number of amides is 2. The van der Waals surface area contributed by atoms with Crippen molar-refractivity contribution in [2.24, 2.45) is 0 Å². The van der Waals surface area contributed by atoms with Crippen LogP contribution in [0.3, 0.4) is 0 Å². The molecule has 3 aromatic carbocycles. The number of carbonyl (C=O) groups is 2. The van der Waals surface area contributed by atoms with E-state index < -0.39 is 11.8 Å². The first kappa shape index (κ1) is 19.7. The van der Waals surface area contributed by atoms with Gasteiger partial charge in [-0.05, 0) is 48.9 Å². The van der Waals surface area contributed by atoms with Crippen LogP contribution >= 0.6 is 11.6 Å². The molecule has 1 N–H and O–H groups in total. The molecule has 6 heteroatoms. The maximum absolute atomic E-state index is 13.4. The van der Waals surface area contributed by atoms with Gasteiger partial charge in [-0.25, -0.2) is 4.90 Å². The van der Waals surface area contributed by atoms with Gasteiger partial charge >= 0.3 is 0 Å². The molecule has 0 atom stereocenters. The van der Waals surface area contributed by atoms with Crippen molar-refractivity contribution < 1.29 is 14.3 Å². The Morgan fingerprint density at radius 2 is 1.53 bits per heavy atom. The van der Waals surface area contributed by atoms with Crippen LogP contribution in [0.25, 0.3) is 5.57 Å². The van der Waals surface area contributed by atoms with E-state index in [-0.39, 0.29) is 5.70 Å². The van der Waals surface area contributed by atoms with Crippen LogP contribution in [0.15, 0.2) is 78.5 Å². The number of anilines is 2. The van der Waals surface area contributed by atoms with Gasteiger partial charge in [0.2, 0.25) is 0 Å². The highest BCUT2D eigenvalue weighted by Gasteiger charge is 2.40. The van der Waals surface area contributed by atoms with E-state index in [1.54, 1.807) is 43.5 Å². The van der Waals surface area contributed by atoms with Crippen LogP contribution in [0.5, 0.6) is 5.75 Å². The van der Waals surface area contributed by atoms with Gasteiger partial charge in [0.25, 0.3) is 11.8 Å². The number of para-hydroxylation sites is 2. The zero-order valence-electron chi connectivity index (χ0n) is 16.5. The second-order valence-electron chi connectivity index (χ2n) is 6.86. The summed E-state index contributed by atoms with van der Waals surface area (Å²) in [6.45, 7) is 1.97. The Labute approximate surface area is 179 Å². The SMILES string of the molecule is COc1ccccc1NC1=C(c2ccc(C)cc2)C(=O)N(c2ccc(Cl)cc2)C1=O. The van der Waals surface area contributed by atoms with Gasteiger partial charge < -0.3 is 10.1 Å². The molecule has 0 aromatic heterocycles. The molecule has 0 unspecified atom stereocenters. The Hall–Kier alpha value is -3.57. The molecule has 30 heavy (non-hydrogen) atoms. The molecule has 0 saturated heterocycles. The predicted molar refractivity (Wildman–Crippen MR) is 119 cm³/mol. The smallest absolute Gasteiger partial charge is 0.282 e. The molecule has 2 amide bonds. The zero-order chi connectivity index (χ0) is 21.3. The van der Waals surface area contributed by atoms with E-state index in [1.165, 1.54) is 0 Å². The standard InChI is InChI=1S/C24H19ClN2O3/c1-15-7-9-16(10-8-15)21-22(26-19-5-3-4-6-20(19)30-2)24(29)27(23(21)28)18-13-11-17(25)12-14-18/h3-14,26H,1-2H3. The number of nitrogens with zero attached hydrogens (tertiary/aromatic N) is 1. The molecule has 1 aliphatic heterocycles. The maximum Gasteiger partial charge on any atom is 0.282 e. The van der Waals surface area contributed by atoms with Gasteiger partial charge in [0.1, 0.15) is 11.4 Å². The van der Waals surface area contributed by atoms with Crippen molar-refractivity contribution in [1.82, 2.24) is 0 Å². The monoisotopic (exact) mass is 418 g/mol. The van der Waals surface area contributed by atoms with E-state index >= 15 is 0 Å². The lowest BCUT2D eigenvalue weighted by atomic mass is 10.0. The Kier molecular flexibility index (Phi) is 5.29. The highest BCUT2D eigenvalue weighted by molar-refractivity contribution is 6.46. The topological polar surface area (TPSA) is 58.6 Å². The largest absolute Gasteiger partial charge is 0.495 e. The van der Waals surface area contributed by atoms with Gasteiger partial charge in [0.15, 0.2) is 0 Å². The average Bonchev–Trinajstić information content (AvgIpc) is 2.99. The molecular formula is C24H19ClN2O3. The van der Waals surface area contributed by atoms with Crippen LogP contribution in [-0.4, -0.2) is 18.9 Å². The molecule has 4 rings (SSSR count). The van der Waals surface area contributed by atoms with Gasteiger partial charge in [-0.2, -0.15) is 0 Å². The van der Waals surface area contributed by atoms with E-state index in [2.05, 4.69) is 5.32 Å². The molecular weight excluding hydrogens is 400 g/mol. The lowest BCUT2D eigenvalue weighted by Gasteiger charge is -2.16. The summed E-state index contributed by atoms with van der Waals surface area (Å²) in [5.74, 6) is -0.272. The minimum atomic E-state index is -0.441. The molecule has 1 heterocycles. The quantitative estimate of drug-likeness (QED) is 0.589. The van der Waals surface area contributed by atoms with Crippen molar-refractivity contribution in [2.75, 3.05) is 17.3 Å². The predicted octanol–water partition coefficient (Wildman–Crippen LogP) is 5.05. The molecule has 3 aromatic rings. The first-order valence-corrected chi connectivity index (χ1v) is 9.73. The van der Waals surface area contributed by atoms with Crippen LogP contribution in [0.4, 0.5) is 11.4 Å². The van der Waals surface area contributed by atoms with Crippen molar-refractivity contribution in [3.8, 4) is 5.75 Å². The molecule has 150 valence electrons. The first-order chi connectivity index (χ1) is 14.5. The van der Waals surface area contributed by atoms with Crippen LogP contribution < -0.4 is 15.0 Å². The summed E-state index contributed by atoms with van der Waals surface area (Å²) in [6, 6.07) is 21.3. The normalized spacial score (nSPS) is 13.8. The van der Waals surface area contributed by atoms with E-state index in [0.29, 0.717) is 33.3 Å². The molecule has 1 aliphatic rings. The van der Waals surface area contributed by atoms with Crippen molar-refractivity contribution in [1.29, 1.82) is 0 Å². The van der Waals surface area contributed by atoms with Crippen molar-refractivity contribution in [3.63, 3.8) is 0 Å². The Balaban J connectivity index is 1.83. The number of methoxy groups -OCH3 is 1. The number of aryl methyl sites for hydroxylation is 1. The summed E-state index contributed by atoms with van der Waals surface area (Å²) >= 11 is 5.97.